The second kappa shape index (κ2) is 15.5. The van der Waals surface area contributed by atoms with Gasteiger partial charge in [-0.25, -0.2) is 0 Å². The zero-order valence-electron chi connectivity index (χ0n) is 26.5. The third-order valence-electron chi connectivity index (χ3n) is 8.46. The van der Waals surface area contributed by atoms with Gasteiger partial charge < -0.3 is 23.7 Å². The normalized spacial score (nSPS) is 14.0. The van der Waals surface area contributed by atoms with Gasteiger partial charge in [-0.1, -0.05) is 62.6 Å². The second-order valence-electron chi connectivity index (χ2n) is 11.7. The van der Waals surface area contributed by atoms with Crippen LogP contribution in [-0.4, -0.2) is 61.1 Å². The zero-order valence-corrected chi connectivity index (χ0v) is 27.3. The number of fused-ring (bicyclic) bond motifs is 2. The summed E-state index contributed by atoms with van der Waals surface area (Å²) < 4.78 is 17.2. The third-order valence-corrected chi connectivity index (χ3v) is 8.70. The number of hydrogen-bond acceptors (Lipinski definition) is 5. The molecule has 0 aliphatic heterocycles. The van der Waals surface area contributed by atoms with E-state index in [1.807, 2.05) is 58.3 Å². The van der Waals surface area contributed by atoms with E-state index in [0.717, 1.165) is 60.8 Å². The maximum atomic E-state index is 14.3. The van der Waals surface area contributed by atoms with E-state index in [4.69, 9.17) is 25.5 Å². The predicted molar refractivity (Wildman–Crippen MR) is 178 cm³/mol. The molecule has 7 nitrogen and oxygen atoms in total. The Morgan fingerprint density at radius 1 is 0.889 bits per heavy atom. The number of benzene rings is 3. The summed E-state index contributed by atoms with van der Waals surface area (Å²) in [6.45, 7) is 6.93. The van der Waals surface area contributed by atoms with Crippen molar-refractivity contribution in [2.24, 2.45) is 0 Å². The van der Waals surface area contributed by atoms with Crippen molar-refractivity contribution in [1.29, 1.82) is 0 Å². The Hall–Kier alpha value is -3.81. The van der Waals surface area contributed by atoms with Crippen molar-refractivity contribution in [3.05, 3.63) is 99.8 Å². The predicted octanol–water partition coefficient (Wildman–Crippen LogP) is 7.96. The Morgan fingerprint density at radius 3 is 2.38 bits per heavy atom. The van der Waals surface area contributed by atoms with Gasteiger partial charge in [0.1, 0.15) is 17.9 Å². The number of rotatable bonds is 15. The topological polar surface area (TPSA) is 72.2 Å². The van der Waals surface area contributed by atoms with Crippen LogP contribution in [0.5, 0.6) is 5.75 Å². The fourth-order valence-corrected chi connectivity index (χ4v) is 6.16. The number of carbonyl (C=O) groups is 2. The van der Waals surface area contributed by atoms with E-state index < -0.39 is 0 Å². The molecule has 2 amide bonds. The molecule has 8 heteroatoms. The molecule has 0 bridgehead atoms. The fourth-order valence-electron chi connectivity index (χ4n) is 5.97. The highest BCUT2D eigenvalue weighted by molar-refractivity contribution is 6.30. The standard InChI is InChI=1S/C37H43ClN2O5/c1-4-6-16-39(17-7-5-2)36(41)28-13-12-26-22-32(23-29(26)20-28)40(37(42)35-24-27-10-8-9-11-34(27)45-35)25-30-21-31(38)14-15-33(30)44-19-18-43-3/h8-15,20-21,24,32H,4-7,16-19,22-23,25H2,1-3H3. The maximum absolute atomic E-state index is 14.3. The lowest BCUT2D eigenvalue weighted by atomic mass is 10.1. The lowest BCUT2D eigenvalue weighted by molar-refractivity contribution is 0.0634. The van der Waals surface area contributed by atoms with Gasteiger partial charge in [0.15, 0.2) is 5.76 Å². The summed E-state index contributed by atoms with van der Waals surface area (Å²) in [7, 11) is 1.63. The number of hydrogen-bond donors (Lipinski definition) is 0. The molecule has 1 aliphatic rings. The molecule has 0 radical (unpaired) electrons. The Labute approximate surface area is 271 Å². The molecule has 0 spiro atoms. The van der Waals surface area contributed by atoms with Crippen LogP contribution in [0.4, 0.5) is 0 Å². The van der Waals surface area contributed by atoms with E-state index >= 15 is 0 Å². The van der Waals surface area contributed by atoms with Crippen molar-refractivity contribution in [2.45, 2.75) is 65.0 Å². The number of methoxy groups -OCH3 is 1. The second-order valence-corrected chi connectivity index (χ2v) is 12.2. The first-order valence-corrected chi connectivity index (χ1v) is 16.4. The van der Waals surface area contributed by atoms with Gasteiger partial charge in [0.25, 0.3) is 11.8 Å². The zero-order chi connectivity index (χ0) is 31.8. The average Bonchev–Trinajstić information content (AvgIpc) is 3.68. The quantitative estimate of drug-likeness (QED) is 0.125. The minimum Gasteiger partial charge on any atom is -0.491 e. The Balaban J connectivity index is 1.44. The molecule has 1 heterocycles. The average molecular weight is 631 g/mol. The molecule has 1 aliphatic carbocycles. The Morgan fingerprint density at radius 2 is 1.64 bits per heavy atom. The van der Waals surface area contributed by atoms with E-state index in [0.29, 0.717) is 48.0 Å². The van der Waals surface area contributed by atoms with Gasteiger partial charge >= 0.3 is 0 Å². The van der Waals surface area contributed by atoms with Crippen LogP contribution < -0.4 is 4.74 Å². The molecule has 3 aromatic carbocycles. The molecule has 45 heavy (non-hydrogen) atoms. The lowest BCUT2D eigenvalue weighted by Crippen LogP contribution is -2.40. The number of carbonyl (C=O) groups excluding carboxylic acids is 2. The molecule has 1 atom stereocenters. The number of unbranched alkanes of at least 4 members (excludes halogenated alkanes) is 2. The number of ether oxygens (including phenoxy) is 2. The molecule has 0 saturated carbocycles. The SMILES string of the molecule is CCCCN(CCCC)C(=O)c1ccc2c(c1)CC(N(Cc1cc(Cl)ccc1OCCOC)C(=O)c1cc3ccccc3o1)C2. The molecule has 0 saturated heterocycles. The third kappa shape index (κ3) is 7.89. The van der Waals surface area contributed by atoms with Gasteiger partial charge in [-0.15, -0.1) is 0 Å². The van der Waals surface area contributed by atoms with Gasteiger partial charge in [0, 0.05) is 47.8 Å². The molecule has 4 aromatic rings. The molecular weight excluding hydrogens is 588 g/mol. The van der Waals surface area contributed by atoms with Crippen LogP contribution in [0.2, 0.25) is 5.02 Å². The lowest BCUT2D eigenvalue weighted by Gasteiger charge is -2.29. The summed E-state index contributed by atoms with van der Waals surface area (Å²) in [5.41, 5.74) is 4.43. The van der Waals surface area contributed by atoms with Crippen molar-refractivity contribution in [3.8, 4) is 5.75 Å². The monoisotopic (exact) mass is 630 g/mol. The first kappa shape index (κ1) is 32.6. The molecular formula is C37H43ClN2O5. The van der Waals surface area contributed by atoms with Gasteiger partial charge in [-0.3, -0.25) is 9.59 Å². The van der Waals surface area contributed by atoms with E-state index in [1.54, 1.807) is 19.2 Å². The largest absolute Gasteiger partial charge is 0.491 e. The summed E-state index contributed by atoms with van der Waals surface area (Å²) in [6.07, 6.45) is 5.37. The van der Waals surface area contributed by atoms with Crippen molar-refractivity contribution in [2.75, 3.05) is 33.4 Å². The summed E-state index contributed by atoms with van der Waals surface area (Å²) in [6, 6.07) is 20.8. The van der Waals surface area contributed by atoms with Gasteiger partial charge in [0.05, 0.1) is 13.2 Å². The van der Waals surface area contributed by atoms with Crippen molar-refractivity contribution < 1.29 is 23.5 Å². The van der Waals surface area contributed by atoms with Crippen molar-refractivity contribution in [3.63, 3.8) is 0 Å². The van der Waals surface area contributed by atoms with Crippen molar-refractivity contribution >= 4 is 34.4 Å². The van der Waals surface area contributed by atoms with Gasteiger partial charge in [-0.05, 0) is 79.3 Å². The molecule has 0 fully saturated rings. The highest BCUT2D eigenvalue weighted by atomic mass is 35.5. The highest BCUT2D eigenvalue weighted by Crippen LogP contribution is 2.33. The smallest absolute Gasteiger partial charge is 0.290 e. The molecule has 1 unspecified atom stereocenters. The summed E-state index contributed by atoms with van der Waals surface area (Å²) in [4.78, 5) is 31.7. The van der Waals surface area contributed by atoms with Crippen LogP contribution in [0.25, 0.3) is 11.0 Å². The van der Waals surface area contributed by atoms with Gasteiger partial charge in [-0.2, -0.15) is 0 Å². The first-order valence-electron chi connectivity index (χ1n) is 16.0. The highest BCUT2D eigenvalue weighted by Gasteiger charge is 2.33. The minimum atomic E-state index is -0.201. The van der Waals surface area contributed by atoms with E-state index in [1.165, 1.54) is 0 Å². The number of para-hydroxylation sites is 1. The van der Waals surface area contributed by atoms with Crippen LogP contribution in [0.1, 0.15) is 77.1 Å². The summed E-state index contributed by atoms with van der Waals surface area (Å²) in [5, 5.41) is 1.44. The molecule has 1 aromatic heterocycles. The van der Waals surface area contributed by atoms with Crippen LogP contribution in [0, 0.1) is 0 Å². The number of halogens is 1. The van der Waals surface area contributed by atoms with Gasteiger partial charge in [0.2, 0.25) is 0 Å². The first-order chi connectivity index (χ1) is 21.9. The fraction of sp³-hybridized carbons (Fsp3) is 0.405. The van der Waals surface area contributed by atoms with Crippen LogP contribution in [0.3, 0.4) is 0 Å². The number of furan rings is 1. The number of nitrogens with zero attached hydrogens (tertiary/aromatic N) is 2. The molecule has 238 valence electrons. The molecule has 5 rings (SSSR count). The maximum Gasteiger partial charge on any atom is 0.290 e. The van der Waals surface area contributed by atoms with E-state index in [2.05, 4.69) is 19.9 Å². The summed E-state index contributed by atoms with van der Waals surface area (Å²) >= 11 is 6.44. The van der Waals surface area contributed by atoms with E-state index in [-0.39, 0.29) is 30.2 Å². The Bertz CT molecular complexity index is 1570. The molecule has 0 N–H and O–H groups in total. The Kier molecular flexibility index (Phi) is 11.2. The van der Waals surface area contributed by atoms with Crippen LogP contribution in [-0.2, 0) is 24.1 Å². The minimum absolute atomic E-state index is 0.0788. The summed E-state index contributed by atoms with van der Waals surface area (Å²) in [5.74, 6) is 0.819. The van der Waals surface area contributed by atoms with Crippen molar-refractivity contribution in [1.82, 2.24) is 9.80 Å². The van der Waals surface area contributed by atoms with Crippen LogP contribution in [0.15, 0.2) is 71.1 Å². The number of amides is 2. The van der Waals surface area contributed by atoms with E-state index in [9.17, 15) is 9.59 Å². The van der Waals surface area contributed by atoms with Crippen LogP contribution >= 0.6 is 11.6 Å².